The van der Waals surface area contributed by atoms with Crippen LogP contribution < -0.4 is 10.6 Å². The molecule has 0 aromatic carbocycles. The maximum atomic E-state index is 5.79. The second kappa shape index (κ2) is 11.2. The molecule has 0 aromatic rings. The van der Waals surface area contributed by atoms with Gasteiger partial charge in [0.15, 0.2) is 5.96 Å². The Morgan fingerprint density at radius 2 is 2.09 bits per heavy atom. The number of thioether (sulfide) groups is 1. The Morgan fingerprint density at radius 3 is 2.64 bits per heavy atom. The minimum atomic E-state index is 0.309. The predicted molar refractivity (Wildman–Crippen MR) is 98.9 cm³/mol. The SMILES string of the molecule is CCNC(=NCCC(OCC)C(C)C)NC1CCC(SC)C1. The minimum absolute atomic E-state index is 0.309. The van der Waals surface area contributed by atoms with E-state index in [1.165, 1.54) is 19.3 Å². The predicted octanol–water partition coefficient (Wildman–Crippen LogP) is 3.28. The van der Waals surface area contributed by atoms with Crippen molar-refractivity contribution in [3.63, 3.8) is 0 Å². The van der Waals surface area contributed by atoms with E-state index < -0.39 is 0 Å². The van der Waals surface area contributed by atoms with Crippen LogP contribution in [0.25, 0.3) is 0 Å². The van der Waals surface area contributed by atoms with Gasteiger partial charge in [0, 0.05) is 31.0 Å². The first-order valence-electron chi connectivity index (χ1n) is 8.79. The molecule has 0 radical (unpaired) electrons. The smallest absolute Gasteiger partial charge is 0.191 e. The van der Waals surface area contributed by atoms with E-state index in [1.807, 2.05) is 11.8 Å². The van der Waals surface area contributed by atoms with Crippen molar-refractivity contribution in [1.82, 2.24) is 10.6 Å². The van der Waals surface area contributed by atoms with Crippen LogP contribution in [0, 0.1) is 5.92 Å². The van der Waals surface area contributed by atoms with Gasteiger partial charge >= 0.3 is 0 Å². The van der Waals surface area contributed by atoms with Gasteiger partial charge in [-0.3, -0.25) is 4.99 Å². The van der Waals surface area contributed by atoms with Gasteiger partial charge in [0.2, 0.25) is 0 Å². The van der Waals surface area contributed by atoms with E-state index in [2.05, 4.69) is 44.6 Å². The summed E-state index contributed by atoms with van der Waals surface area (Å²) in [6, 6.07) is 0.572. The molecule has 3 atom stereocenters. The van der Waals surface area contributed by atoms with Crippen molar-refractivity contribution in [2.45, 2.75) is 70.8 Å². The number of aliphatic imine (C=N–C) groups is 1. The van der Waals surface area contributed by atoms with Crippen LogP contribution in [0.1, 0.15) is 53.4 Å². The van der Waals surface area contributed by atoms with E-state index >= 15 is 0 Å². The number of hydrogen-bond acceptors (Lipinski definition) is 3. The standard InChI is InChI=1S/C17H35N3OS/c1-6-18-17(20-14-8-9-15(12-14)22-5)19-11-10-16(13(3)4)21-7-2/h13-16H,6-12H2,1-5H3,(H2,18,19,20). The first kappa shape index (κ1) is 19.6. The van der Waals surface area contributed by atoms with Gasteiger partial charge in [-0.2, -0.15) is 11.8 Å². The molecule has 0 aromatic heterocycles. The molecule has 3 unspecified atom stereocenters. The van der Waals surface area contributed by atoms with Gasteiger partial charge in [-0.15, -0.1) is 0 Å². The normalized spacial score (nSPS) is 23.8. The summed E-state index contributed by atoms with van der Waals surface area (Å²) in [5, 5.41) is 7.78. The number of hydrogen-bond donors (Lipinski definition) is 2. The van der Waals surface area contributed by atoms with Gasteiger partial charge in [-0.1, -0.05) is 13.8 Å². The van der Waals surface area contributed by atoms with E-state index in [1.54, 1.807) is 0 Å². The highest BCUT2D eigenvalue weighted by Crippen LogP contribution is 2.28. The molecule has 0 bridgehead atoms. The summed E-state index contributed by atoms with van der Waals surface area (Å²) in [7, 11) is 0. The van der Waals surface area contributed by atoms with E-state index in [0.29, 0.717) is 18.1 Å². The van der Waals surface area contributed by atoms with Crippen molar-refractivity contribution in [2.75, 3.05) is 26.0 Å². The topological polar surface area (TPSA) is 45.7 Å². The minimum Gasteiger partial charge on any atom is -0.378 e. The quantitative estimate of drug-likeness (QED) is 0.503. The van der Waals surface area contributed by atoms with Gasteiger partial charge in [0.05, 0.1) is 6.10 Å². The van der Waals surface area contributed by atoms with Crippen molar-refractivity contribution < 1.29 is 4.74 Å². The Morgan fingerprint density at radius 1 is 1.32 bits per heavy atom. The van der Waals surface area contributed by atoms with Gasteiger partial charge in [-0.25, -0.2) is 0 Å². The molecule has 0 heterocycles. The summed E-state index contributed by atoms with van der Waals surface area (Å²) in [5.74, 6) is 1.51. The molecule has 0 aliphatic heterocycles. The van der Waals surface area contributed by atoms with Gasteiger partial charge < -0.3 is 15.4 Å². The number of nitrogens with one attached hydrogen (secondary N) is 2. The third kappa shape index (κ3) is 7.23. The van der Waals surface area contributed by atoms with E-state index in [4.69, 9.17) is 9.73 Å². The van der Waals surface area contributed by atoms with E-state index in [0.717, 1.165) is 37.3 Å². The van der Waals surface area contributed by atoms with E-state index in [9.17, 15) is 0 Å². The van der Waals surface area contributed by atoms with Crippen molar-refractivity contribution in [1.29, 1.82) is 0 Å². The average Bonchev–Trinajstić information content (AvgIpc) is 2.94. The Labute approximate surface area is 141 Å². The molecular weight excluding hydrogens is 294 g/mol. The van der Waals surface area contributed by atoms with Crippen LogP contribution in [0.3, 0.4) is 0 Å². The number of ether oxygens (including phenoxy) is 1. The zero-order valence-electron chi connectivity index (χ0n) is 15.0. The summed E-state index contributed by atoms with van der Waals surface area (Å²) in [6.07, 6.45) is 7.33. The highest BCUT2D eigenvalue weighted by molar-refractivity contribution is 7.99. The van der Waals surface area contributed by atoms with Crippen LogP contribution in [-0.4, -0.2) is 49.3 Å². The van der Waals surface area contributed by atoms with Crippen LogP contribution in [0.2, 0.25) is 0 Å². The maximum Gasteiger partial charge on any atom is 0.191 e. The Hall–Kier alpha value is -0.420. The van der Waals surface area contributed by atoms with Crippen molar-refractivity contribution in [3.05, 3.63) is 0 Å². The Kier molecular flexibility index (Phi) is 9.96. The molecular formula is C17H35N3OS. The highest BCUT2D eigenvalue weighted by atomic mass is 32.2. The second-order valence-electron chi connectivity index (χ2n) is 6.30. The van der Waals surface area contributed by atoms with E-state index in [-0.39, 0.29) is 0 Å². The molecule has 130 valence electrons. The Bertz CT molecular complexity index is 323. The molecule has 1 saturated carbocycles. The summed E-state index contributed by atoms with van der Waals surface area (Å²) >= 11 is 1.99. The van der Waals surface area contributed by atoms with Crippen LogP contribution in [-0.2, 0) is 4.74 Å². The van der Waals surface area contributed by atoms with Crippen LogP contribution in [0.4, 0.5) is 0 Å². The van der Waals surface area contributed by atoms with Crippen LogP contribution in [0.5, 0.6) is 0 Å². The molecule has 2 N–H and O–H groups in total. The Balaban J connectivity index is 2.44. The van der Waals surface area contributed by atoms with Crippen molar-refractivity contribution in [2.24, 2.45) is 10.9 Å². The monoisotopic (exact) mass is 329 g/mol. The second-order valence-corrected chi connectivity index (χ2v) is 7.44. The fourth-order valence-electron chi connectivity index (χ4n) is 2.93. The molecule has 1 aliphatic carbocycles. The lowest BCUT2D eigenvalue weighted by atomic mass is 10.0. The number of rotatable bonds is 9. The molecule has 0 spiro atoms. The summed E-state index contributed by atoms with van der Waals surface area (Å²) in [4.78, 5) is 4.74. The van der Waals surface area contributed by atoms with Gasteiger partial charge in [0.1, 0.15) is 0 Å². The lowest BCUT2D eigenvalue weighted by Crippen LogP contribution is -2.42. The van der Waals surface area contributed by atoms with Gasteiger partial charge in [-0.05, 0) is 51.7 Å². The maximum absolute atomic E-state index is 5.79. The zero-order valence-corrected chi connectivity index (χ0v) is 15.8. The molecule has 5 heteroatoms. The fourth-order valence-corrected chi connectivity index (χ4v) is 3.72. The fraction of sp³-hybridized carbons (Fsp3) is 0.941. The first-order chi connectivity index (χ1) is 10.6. The molecule has 1 rings (SSSR count). The first-order valence-corrected chi connectivity index (χ1v) is 10.1. The largest absolute Gasteiger partial charge is 0.378 e. The lowest BCUT2D eigenvalue weighted by Gasteiger charge is -2.21. The van der Waals surface area contributed by atoms with Gasteiger partial charge in [0.25, 0.3) is 0 Å². The summed E-state index contributed by atoms with van der Waals surface area (Å²) < 4.78 is 5.79. The number of guanidine groups is 1. The third-order valence-electron chi connectivity index (χ3n) is 4.21. The summed E-state index contributed by atoms with van der Waals surface area (Å²) in [5.41, 5.74) is 0. The zero-order chi connectivity index (χ0) is 16.4. The molecule has 0 amide bonds. The highest BCUT2D eigenvalue weighted by Gasteiger charge is 2.24. The molecule has 1 aliphatic rings. The van der Waals surface area contributed by atoms with Crippen molar-refractivity contribution in [3.8, 4) is 0 Å². The third-order valence-corrected chi connectivity index (χ3v) is 5.31. The lowest BCUT2D eigenvalue weighted by molar-refractivity contribution is 0.0266. The van der Waals surface area contributed by atoms with Crippen molar-refractivity contribution >= 4 is 17.7 Å². The number of nitrogens with zero attached hydrogens (tertiary/aromatic N) is 1. The van der Waals surface area contributed by atoms with Crippen LogP contribution in [0.15, 0.2) is 4.99 Å². The molecule has 4 nitrogen and oxygen atoms in total. The molecule has 1 fully saturated rings. The molecule has 22 heavy (non-hydrogen) atoms. The summed E-state index contributed by atoms with van der Waals surface area (Å²) in [6.45, 7) is 11.1. The van der Waals surface area contributed by atoms with Crippen LogP contribution >= 0.6 is 11.8 Å². The average molecular weight is 330 g/mol. The molecule has 0 saturated heterocycles.